The lowest BCUT2D eigenvalue weighted by atomic mass is 10.0. The fourth-order valence-corrected chi connectivity index (χ4v) is 3.70. The third kappa shape index (κ3) is 2.93. The molecule has 0 aromatic heterocycles. The zero-order valence-electron chi connectivity index (χ0n) is 10.8. The molecule has 0 unspecified atom stereocenters. The first-order valence-corrected chi connectivity index (χ1v) is 7.37. The Hall–Kier alpha value is -1.05. The largest absolute Gasteiger partial charge is 0.309 e. The number of nitrogens with one attached hydrogen (secondary N) is 1. The fourth-order valence-electron chi connectivity index (χ4n) is 2.09. The molecule has 0 radical (unpaired) electrons. The van der Waals surface area contributed by atoms with Crippen molar-refractivity contribution < 1.29 is 17.2 Å². The van der Waals surface area contributed by atoms with Crippen LogP contribution in [0.5, 0.6) is 0 Å². The van der Waals surface area contributed by atoms with Gasteiger partial charge in [-0.05, 0) is 32.0 Å². The van der Waals surface area contributed by atoms with Crippen molar-refractivity contribution in [1.82, 2.24) is 9.62 Å². The Labute approximate surface area is 111 Å². The van der Waals surface area contributed by atoms with Crippen LogP contribution in [0.25, 0.3) is 0 Å². The van der Waals surface area contributed by atoms with Crippen LogP contribution in [0.4, 0.5) is 8.78 Å². The monoisotopic (exact) mass is 290 g/mol. The summed E-state index contributed by atoms with van der Waals surface area (Å²) in [6.45, 7) is 4.90. The standard InChI is InChI=1S/C12H16F2N2O2S/c1-12(2)8-16(6-5-15-12)19(17,18)9-3-4-10(13)11(14)7-9/h3-4,7,15H,5-6,8H2,1-2H3. The molecule has 0 atom stereocenters. The van der Waals surface area contributed by atoms with Gasteiger partial charge in [-0.15, -0.1) is 0 Å². The van der Waals surface area contributed by atoms with E-state index in [0.29, 0.717) is 13.1 Å². The predicted molar refractivity (Wildman–Crippen MR) is 67.2 cm³/mol. The molecule has 0 aliphatic carbocycles. The van der Waals surface area contributed by atoms with Gasteiger partial charge in [-0.1, -0.05) is 0 Å². The second-order valence-electron chi connectivity index (χ2n) is 5.23. The van der Waals surface area contributed by atoms with E-state index in [2.05, 4.69) is 5.32 Å². The lowest BCUT2D eigenvalue weighted by molar-refractivity contribution is 0.233. The number of piperazine rings is 1. The molecule has 0 saturated carbocycles. The number of sulfonamides is 1. The molecule has 1 heterocycles. The highest BCUT2D eigenvalue weighted by Crippen LogP contribution is 2.22. The van der Waals surface area contributed by atoms with E-state index in [4.69, 9.17) is 0 Å². The molecule has 1 fully saturated rings. The number of rotatable bonds is 2. The van der Waals surface area contributed by atoms with E-state index < -0.39 is 21.7 Å². The van der Waals surface area contributed by atoms with Crippen LogP contribution < -0.4 is 5.32 Å². The van der Waals surface area contributed by atoms with E-state index in [-0.39, 0.29) is 17.0 Å². The SMILES string of the molecule is CC1(C)CN(S(=O)(=O)c2ccc(F)c(F)c2)CCN1. The Kier molecular flexibility index (Phi) is 3.63. The molecule has 0 bridgehead atoms. The summed E-state index contributed by atoms with van der Waals surface area (Å²) in [5.41, 5.74) is -0.343. The van der Waals surface area contributed by atoms with Crippen LogP contribution in [0.3, 0.4) is 0 Å². The lowest BCUT2D eigenvalue weighted by Crippen LogP contribution is -2.58. The van der Waals surface area contributed by atoms with Gasteiger partial charge in [0.15, 0.2) is 11.6 Å². The molecular formula is C12H16F2N2O2S. The van der Waals surface area contributed by atoms with Crippen molar-refractivity contribution in [3.8, 4) is 0 Å². The Bertz CT molecular complexity index is 587. The highest BCUT2D eigenvalue weighted by Gasteiger charge is 2.34. The Morgan fingerprint density at radius 1 is 1.26 bits per heavy atom. The van der Waals surface area contributed by atoms with E-state index in [1.54, 1.807) is 0 Å². The molecule has 1 saturated heterocycles. The van der Waals surface area contributed by atoms with Gasteiger partial charge < -0.3 is 5.32 Å². The van der Waals surface area contributed by atoms with Crippen LogP contribution >= 0.6 is 0 Å². The van der Waals surface area contributed by atoms with Gasteiger partial charge in [0.1, 0.15) is 0 Å². The van der Waals surface area contributed by atoms with Crippen LogP contribution in [0, 0.1) is 11.6 Å². The second-order valence-corrected chi connectivity index (χ2v) is 7.16. The molecule has 1 aromatic carbocycles. The van der Waals surface area contributed by atoms with Gasteiger partial charge in [0.05, 0.1) is 4.90 Å². The summed E-state index contributed by atoms with van der Waals surface area (Å²) in [6.07, 6.45) is 0. The van der Waals surface area contributed by atoms with E-state index in [0.717, 1.165) is 18.2 Å². The molecule has 1 aromatic rings. The summed E-state index contributed by atoms with van der Waals surface area (Å²) in [4.78, 5) is -0.218. The van der Waals surface area contributed by atoms with Crippen LogP contribution in [0.2, 0.25) is 0 Å². The van der Waals surface area contributed by atoms with Gasteiger partial charge >= 0.3 is 0 Å². The number of nitrogens with zero attached hydrogens (tertiary/aromatic N) is 1. The molecule has 1 aliphatic rings. The van der Waals surface area contributed by atoms with Gasteiger partial charge in [0, 0.05) is 25.2 Å². The van der Waals surface area contributed by atoms with Crippen molar-refractivity contribution >= 4 is 10.0 Å². The molecule has 0 spiro atoms. The van der Waals surface area contributed by atoms with Crippen molar-refractivity contribution in [2.45, 2.75) is 24.3 Å². The van der Waals surface area contributed by atoms with Crippen molar-refractivity contribution in [2.24, 2.45) is 0 Å². The maximum absolute atomic E-state index is 13.2. The van der Waals surface area contributed by atoms with Gasteiger partial charge in [0.25, 0.3) is 0 Å². The van der Waals surface area contributed by atoms with Gasteiger partial charge in [-0.25, -0.2) is 17.2 Å². The number of benzene rings is 1. The van der Waals surface area contributed by atoms with Crippen LogP contribution in [-0.2, 0) is 10.0 Å². The first-order chi connectivity index (χ1) is 8.72. The minimum Gasteiger partial charge on any atom is -0.309 e. The van der Waals surface area contributed by atoms with E-state index in [9.17, 15) is 17.2 Å². The zero-order valence-corrected chi connectivity index (χ0v) is 11.6. The molecule has 2 rings (SSSR count). The third-order valence-electron chi connectivity index (χ3n) is 3.07. The van der Waals surface area contributed by atoms with E-state index in [1.807, 2.05) is 13.8 Å². The van der Waals surface area contributed by atoms with Gasteiger partial charge in [-0.3, -0.25) is 0 Å². The van der Waals surface area contributed by atoms with Crippen molar-refractivity contribution in [3.05, 3.63) is 29.8 Å². The van der Waals surface area contributed by atoms with E-state index >= 15 is 0 Å². The normalized spacial score (nSPS) is 20.4. The number of halogens is 2. The van der Waals surface area contributed by atoms with Crippen LogP contribution in [-0.4, -0.2) is 37.9 Å². The maximum Gasteiger partial charge on any atom is 0.243 e. The smallest absolute Gasteiger partial charge is 0.243 e. The Balaban J connectivity index is 2.34. The number of hydrogen-bond acceptors (Lipinski definition) is 3. The average molecular weight is 290 g/mol. The third-order valence-corrected chi connectivity index (χ3v) is 4.91. The second kappa shape index (κ2) is 4.81. The summed E-state index contributed by atoms with van der Waals surface area (Å²) >= 11 is 0. The maximum atomic E-state index is 13.2. The molecule has 4 nitrogen and oxygen atoms in total. The van der Waals surface area contributed by atoms with Crippen LogP contribution in [0.1, 0.15) is 13.8 Å². The minimum atomic E-state index is -3.79. The molecule has 19 heavy (non-hydrogen) atoms. The Morgan fingerprint density at radius 3 is 2.53 bits per heavy atom. The molecule has 0 amide bonds. The van der Waals surface area contributed by atoms with Crippen molar-refractivity contribution in [2.75, 3.05) is 19.6 Å². The quantitative estimate of drug-likeness (QED) is 0.894. The zero-order chi connectivity index (χ0) is 14.3. The van der Waals surface area contributed by atoms with Crippen molar-refractivity contribution in [3.63, 3.8) is 0 Å². The van der Waals surface area contributed by atoms with Crippen molar-refractivity contribution in [1.29, 1.82) is 0 Å². The predicted octanol–water partition coefficient (Wildman–Crippen LogP) is 1.34. The van der Waals surface area contributed by atoms with Crippen LogP contribution in [0.15, 0.2) is 23.1 Å². The fraction of sp³-hybridized carbons (Fsp3) is 0.500. The molecule has 7 heteroatoms. The average Bonchev–Trinajstić information content (AvgIpc) is 2.31. The summed E-state index contributed by atoms with van der Waals surface area (Å²) in [7, 11) is -3.79. The summed E-state index contributed by atoms with van der Waals surface area (Å²) in [6, 6.07) is 2.64. The summed E-state index contributed by atoms with van der Waals surface area (Å²) in [5.74, 6) is -2.21. The van der Waals surface area contributed by atoms with Gasteiger partial charge in [0.2, 0.25) is 10.0 Å². The summed E-state index contributed by atoms with van der Waals surface area (Å²) in [5, 5.41) is 3.19. The lowest BCUT2D eigenvalue weighted by Gasteiger charge is -2.38. The van der Waals surface area contributed by atoms with Gasteiger partial charge in [-0.2, -0.15) is 4.31 Å². The summed E-state index contributed by atoms with van der Waals surface area (Å²) < 4.78 is 52.0. The molecule has 106 valence electrons. The first kappa shape index (κ1) is 14.4. The Morgan fingerprint density at radius 2 is 1.95 bits per heavy atom. The minimum absolute atomic E-state index is 0.218. The first-order valence-electron chi connectivity index (χ1n) is 5.93. The van der Waals surface area contributed by atoms with E-state index in [1.165, 1.54) is 4.31 Å². The molecular weight excluding hydrogens is 274 g/mol. The highest BCUT2D eigenvalue weighted by atomic mass is 32.2. The molecule has 1 aliphatic heterocycles. The molecule has 1 N–H and O–H groups in total. The topological polar surface area (TPSA) is 49.4 Å². The highest BCUT2D eigenvalue weighted by molar-refractivity contribution is 7.89. The number of hydrogen-bond donors (Lipinski definition) is 1.